The van der Waals surface area contributed by atoms with Crippen molar-refractivity contribution in [3.63, 3.8) is 0 Å². The van der Waals surface area contributed by atoms with Gasteiger partial charge in [-0.1, -0.05) is 60.7 Å². The van der Waals surface area contributed by atoms with Crippen molar-refractivity contribution < 1.29 is 38.0 Å². The first-order valence-electron chi connectivity index (χ1n) is 15.3. The Morgan fingerprint density at radius 3 is 1.95 bits per heavy atom. The van der Waals surface area contributed by atoms with Crippen LogP contribution in [0.5, 0.6) is 0 Å². The smallest absolute Gasteiger partial charge is 0.311 e. The van der Waals surface area contributed by atoms with E-state index in [1.807, 2.05) is 102 Å². The standard InChI is InChI=1S/C35H50O8/c1-34(2,3)32(36)41-24-28(42-31-19-13-14-20-39-31)21-29(40-23-27-17-11-8-12-18-27)30(43-33(37)35(4,5)6)25-38-22-26-15-9-7-10-16-26/h7-12,15-18,28-31H,13-14,19-25H2,1-6H3/t28-,29+,30-,31?/m1/s1. The fraction of sp³-hybridized carbons (Fsp3) is 0.600. The first kappa shape index (κ1) is 34.7. The van der Waals surface area contributed by atoms with Gasteiger partial charge >= 0.3 is 11.9 Å². The molecule has 8 nitrogen and oxygen atoms in total. The van der Waals surface area contributed by atoms with Crippen LogP contribution in [0.2, 0.25) is 0 Å². The van der Waals surface area contributed by atoms with Crippen LogP contribution in [0.3, 0.4) is 0 Å². The maximum Gasteiger partial charge on any atom is 0.311 e. The molecule has 1 unspecified atom stereocenters. The highest BCUT2D eigenvalue weighted by atomic mass is 16.7. The Morgan fingerprint density at radius 2 is 1.40 bits per heavy atom. The third-order valence-electron chi connectivity index (χ3n) is 6.98. The first-order chi connectivity index (χ1) is 20.4. The summed E-state index contributed by atoms with van der Waals surface area (Å²) in [7, 11) is 0. The summed E-state index contributed by atoms with van der Waals surface area (Å²) in [5.74, 6) is -0.685. The van der Waals surface area contributed by atoms with Crippen molar-refractivity contribution in [2.45, 2.75) is 105 Å². The fourth-order valence-corrected chi connectivity index (χ4v) is 4.34. The molecule has 1 fully saturated rings. The Labute approximate surface area is 257 Å². The molecule has 1 heterocycles. The van der Waals surface area contributed by atoms with E-state index in [1.54, 1.807) is 0 Å². The highest BCUT2D eigenvalue weighted by Crippen LogP contribution is 2.25. The molecule has 43 heavy (non-hydrogen) atoms. The van der Waals surface area contributed by atoms with E-state index in [-0.39, 0.29) is 25.2 Å². The van der Waals surface area contributed by atoms with Crippen LogP contribution in [-0.4, -0.2) is 56.4 Å². The summed E-state index contributed by atoms with van der Waals surface area (Å²) in [4.78, 5) is 25.9. The van der Waals surface area contributed by atoms with Gasteiger partial charge in [-0.25, -0.2) is 0 Å². The molecule has 0 aromatic heterocycles. The summed E-state index contributed by atoms with van der Waals surface area (Å²) in [6, 6.07) is 19.6. The second-order valence-electron chi connectivity index (χ2n) is 13.2. The van der Waals surface area contributed by atoms with Crippen molar-refractivity contribution in [2.75, 3.05) is 19.8 Å². The maximum atomic E-state index is 13.2. The number of esters is 2. The van der Waals surface area contributed by atoms with E-state index in [9.17, 15) is 9.59 Å². The molecule has 1 saturated heterocycles. The molecule has 2 aromatic rings. The number of carbonyl (C=O) groups excluding carboxylic acids is 2. The zero-order chi connectivity index (χ0) is 31.3. The number of hydrogen-bond acceptors (Lipinski definition) is 8. The van der Waals surface area contributed by atoms with Crippen LogP contribution >= 0.6 is 0 Å². The Hall–Kier alpha value is -2.78. The van der Waals surface area contributed by atoms with E-state index in [1.165, 1.54) is 0 Å². The summed E-state index contributed by atoms with van der Waals surface area (Å²) >= 11 is 0. The number of hydrogen-bond donors (Lipinski definition) is 0. The molecule has 1 aliphatic rings. The van der Waals surface area contributed by atoms with Gasteiger partial charge in [0.25, 0.3) is 0 Å². The highest BCUT2D eigenvalue weighted by molar-refractivity contribution is 5.75. The minimum atomic E-state index is -0.740. The third-order valence-corrected chi connectivity index (χ3v) is 6.98. The fourth-order valence-electron chi connectivity index (χ4n) is 4.34. The van der Waals surface area contributed by atoms with Gasteiger partial charge in [0, 0.05) is 13.0 Å². The maximum absolute atomic E-state index is 13.2. The SMILES string of the molecule is CC(C)(C)C(=O)OC[C@@H](C[C@H](OCc1ccccc1)[C@@H](COCc1ccccc1)OC(=O)C(C)(C)C)OC1CCCCO1. The van der Waals surface area contributed by atoms with E-state index >= 15 is 0 Å². The van der Waals surface area contributed by atoms with Crippen LogP contribution in [0.15, 0.2) is 60.7 Å². The average Bonchev–Trinajstić information content (AvgIpc) is 2.97. The van der Waals surface area contributed by atoms with Crippen LogP contribution in [-0.2, 0) is 51.2 Å². The lowest BCUT2D eigenvalue weighted by molar-refractivity contribution is -0.214. The zero-order valence-electron chi connectivity index (χ0n) is 26.7. The summed E-state index contributed by atoms with van der Waals surface area (Å²) < 4.78 is 36.6. The lowest BCUT2D eigenvalue weighted by atomic mass is 9.97. The normalized spacial score (nSPS) is 18.0. The average molecular weight is 599 g/mol. The molecule has 0 radical (unpaired) electrons. The lowest BCUT2D eigenvalue weighted by Crippen LogP contribution is -2.44. The highest BCUT2D eigenvalue weighted by Gasteiger charge is 2.35. The van der Waals surface area contributed by atoms with Gasteiger partial charge in [0.05, 0.1) is 42.9 Å². The van der Waals surface area contributed by atoms with Gasteiger partial charge in [-0.2, -0.15) is 0 Å². The molecular weight excluding hydrogens is 548 g/mol. The third kappa shape index (κ3) is 12.8. The van der Waals surface area contributed by atoms with E-state index < -0.39 is 35.4 Å². The molecule has 0 saturated carbocycles. The van der Waals surface area contributed by atoms with E-state index in [2.05, 4.69) is 0 Å². The summed E-state index contributed by atoms with van der Waals surface area (Å²) in [6.07, 6.45) is 0.692. The summed E-state index contributed by atoms with van der Waals surface area (Å²) in [5, 5.41) is 0. The lowest BCUT2D eigenvalue weighted by Gasteiger charge is -2.34. The second kappa shape index (κ2) is 16.9. The van der Waals surface area contributed by atoms with Crippen molar-refractivity contribution in [1.82, 2.24) is 0 Å². The molecule has 1 aliphatic heterocycles. The van der Waals surface area contributed by atoms with E-state index in [0.29, 0.717) is 26.2 Å². The van der Waals surface area contributed by atoms with Crippen LogP contribution in [0.1, 0.15) is 78.4 Å². The largest absolute Gasteiger partial charge is 0.463 e. The monoisotopic (exact) mass is 598 g/mol. The van der Waals surface area contributed by atoms with Crippen LogP contribution in [0, 0.1) is 10.8 Å². The Balaban J connectivity index is 1.85. The van der Waals surface area contributed by atoms with Crippen LogP contribution < -0.4 is 0 Å². The van der Waals surface area contributed by atoms with Gasteiger partial charge in [-0.15, -0.1) is 0 Å². The van der Waals surface area contributed by atoms with Crippen molar-refractivity contribution in [3.8, 4) is 0 Å². The Bertz CT molecular complexity index is 1080. The Morgan fingerprint density at radius 1 is 0.791 bits per heavy atom. The topological polar surface area (TPSA) is 89.5 Å². The predicted octanol–water partition coefficient (Wildman–Crippen LogP) is 6.64. The molecule has 238 valence electrons. The van der Waals surface area contributed by atoms with Gasteiger partial charge in [-0.3, -0.25) is 9.59 Å². The molecule has 4 atom stereocenters. The van der Waals surface area contributed by atoms with Gasteiger partial charge < -0.3 is 28.4 Å². The second-order valence-corrected chi connectivity index (χ2v) is 13.2. The van der Waals surface area contributed by atoms with E-state index in [0.717, 1.165) is 30.4 Å². The summed E-state index contributed by atoms with van der Waals surface area (Å²) in [5.41, 5.74) is 0.599. The molecule has 0 amide bonds. The van der Waals surface area contributed by atoms with Crippen LogP contribution in [0.4, 0.5) is 0 Å². The van der Waals surface area contributed by atoms with Crippen molar-refractivity contribution in [1.29, 1.82) is 0 Å². The number of ether oxygens (including phenoxy) is 6. The molecule has 0 N–H and O–H groups in total. The number of benzene rings is 2. The van der Waals surface area contributed by atoms with Gasteiger partial charge in [0.1, 0.15) is 6.61 Å². The summed E-state index contributed by atoms with van der Waals surface area (Å²) in [6.45, 7) is 12.3. The minimum absolute atomic E-state index is 0.0198. The van der Waals surface area contributed by atoms with Crippen molar-refractivity contribution in [3.05, 3.63) is 71.8 Å². The first-order valence-corrected chi connectivity index (χ1v) is 15.3. The Kier molecular flexibility index (Phi) is 13.6. The molecule has 0 bridgehead atoms. The molecule has 3 rings (SSSR count). The van der Waals surface area contributed by atoms with Gasteiger partial charge in [-0.05, 0) is 71.9 Å². The number of rotatable bonds is 15. The predicted molar refractivity (Wildman–Crippen MR) is 164 cm³/mol. The van der Waals surface area contributed by atoms with Gasteiger partial charge in [0.2, 0.25) is 0 Å². The van der Waals surface area contributed by atoms with Crippen LogP contribution in [0.25, 0.3) is 0 Å². The quantitative estimate of drug-likeness (QED) is 0.211. The van der Waals surface area contributed by atoms with Crippen molar-refractivity contribution in [2.24, 2.45) is 10.8 Å². The zero-order valence-corrected chi connectivity index (χ0v) is 26.7. The number of carbonyl (C=O) groups is 2. The van der Waals surface area contributed by atoms with Crippen molar-refractivity contribution >= 4 is 11.9 Å². The minimum Gasteiger partial charge on any atom is -0.463 e. The molecule has 2 aromatic carbocycles. The molecular formula is C35H50O8. The van der Waals surface area contributed by atoms with E-state index in [4.69, 9.17) is 28.4 Å². The molecule has 0 aliphatic carbocycles. The van der Waals surface area contributed by atoms with Gasteiger partial charge in [0.15, 0.2) is 12.4 Å². The molecule has 8 heteroatoms. The molecule has 0 spiro atoms.